The number of aromatic nitrogens is 2. The molecule has 202 valence electrons. The summed E-state index contributed by atoms with van der Waals surface area (Å²) < 4.78 is 27.8. The molecule has 9 heteroatoms. The van der Waals surface area contributed by atoms with E-state index in [1.165, 1.54) is 12.1 Å². The largest absolute Gasteiger partial charge is 0.481 e. The van der Waals surface area contributed by atoms with Crippen LogP contribution in [0.15, 0.2) is 48.7 Å². The minimum absolute atomic E-state index is 0.109. The van der Waals surface area contributed by atoms with Crippen LogP contribution in [0.5, 0.6) is 0 Å². The minimum atomic E-state index is -0.930. The van der Waals surface area contributed by atoms with Crippen LogP contribution in [-0.2, 0) is 20.7 Å². The van der Waals surface area contributed by atoms with Crippen LogP contribution >= 0.6 is 0 Å². The molecule has 2 unspecified atom stereocenters. The number of nitrogens with two attached hydrogens (primary N) is 1. The molecule has 1 aliphatic heterocycles. The van der Waals surface area contributed by atoms with Crippen molar-refractivity contribution in [3.05, 3.63) is 65.9 Å². The molecule has 2 aromatic heterocycles. The van der Waals surface area contributed by atoms with Crippen LogP contribution < -0.4 is 5.73 Å². The second-order valence-corrected chi connectivity index (χ2v) is 10.3. The highest BCUT2D eigenvalue weighted by Crippen LogP contribution is 2.42. The van der Waals surface area contributed by atoms with Crippen molar-refractivity contribution in [2.24, 2.45) is 5.73 Å². The lowest BCUT2D eigenvalue weighted by Crippen LogP contribution is -2.45. The fraction of sp³-hybridized carbons (Fsp3) is 0.414. The average Bonchev–Trinajstić information content (AvgIpc) is 3.18. The van der Waals surface area contributed by atoms with Crippen molar-refractivity contribution >= 4 is 11.9 Å². The molecule has 38 heavy (non-hydrogen) atoms. The summed E-state index contributed by atoms with van der Waals surface area (Å²) in [6.07, 6.45) is 2.28. The van der Waals surface area contributed by atoms with Crippen LogP contribution in [0.1, 0.15) is 69.2 Å². The van der Waals surface area contributed by atoms with Gasteiger partial charge in [-0.1, -0.05) is 18.2 Å². The van der Waals surface area contributed by atoms with Gasteiger partial charge in [-0.2, -0.15) is 0 Å². The van der Waals surface area contributed by atoms with Gasteiger partial charge < -0.3 is 24.9 Å². The Balaban J connectivity index is 1.84. The van der Waals surface area contributed by atoms with Gasteiger partial charge in [-0.3, -0.25) is 14.6 Å². The Morgan fingerprint density at radius 2 is 1.82 bits per heavy atom. The number of amides is 1. The number of primary amides is 1. The number of carboxylic acids is 1. The van der Waals surface area contributed by atoms with E-state index in [9.17, 15) is 19.1 Å². The quantitative estimate of drug-likeness (QED) is 0.390. The molecule has 3 N–H and O–H groups in total. The van der Waals surface area contributed by atoms with Crippen molar-refractivity contribution in [1.29, 1.82) is 0 Å². The number of rotatable bonds is 9. The zero-order valence-corrected chi connectivity index (χ0v) is 22.1. The van der Waals surface area contributed by atoms with Crippen molar-refractivity contribution in [1.82, 2.24) is 9.55 Å². The van der Waals surface area contributed by atoms with Crippen molar-refractivity contribution in [3.63, 3.8) is 0 Å². The first-order valence-electron chi connectivity index (χ1n) is 12.8. The molecule has 1 aliphatic rings. The molecular formula is C29H34FN3O5. The van der Waals surface area contributed by atoms with E-state index in [0.717, 1.165) is 16.8 Å². The molecule has 8 nitrogen and oxygen atoms in total. The molecule has 1 aromatic carbocycles. The molecule has 1 amide bonds. The highest BCUT2D eigenvalue weighted by Gasteiger charge is 2.37. The van der Waals surface area contributed by atoms with Crippen molar-refractivity contribution < 1.29 is 28.6 Å². The van der Waals surface area contributed by atoms with E-state index in [1.54, 1.807) is 38.2 Å². The van der Waals surface area contributed by atoms with Crippen LogP contribution in [0.3, 0.4) is 0 Å². The van der Waals surface area contributed by atoms with Crippen molar-refractivity contribution in [2.45, 2.75) is 77.4 Å². The van der Waals surface area contributed by atoms with Crippen molar-refractivity contribution in [2.75, 3.05) is 0 Å². The van der Waals surface area contributed by atoms with Gasteiger partial charge in [0.2, 0.25) is 0 Å². The molecule has 0 aliphatic carbocycles. The average molecular weight is 524 g/mol. The van der Waals surface area contributed by atoms with Gasteiger partial charge in [0.25, 0.3) is 5.91 Å². The molecule has 2 atom stereocenters. The van der Waals surface area contributed by atoms with Crippen LogP contribution in [0.2, 0.25) is 0 Å². The fourth-order valence-electron chi connectivity index (χ4n) is 5.40. The number of aliphatic carboxylic acids is 1. The maximum atomic E-state index is 13.9. The van der Waals surface area contributed by atoms with Gasteiger partial charge in [0, 0.05) is 35.5 Å². The van der Waals surface area contributed by atoms with Crippen LogP contribution in [0.25, 0.3) is 22.4 Å². The SMILES string of the molecule is CC(C)n1c(CCC2CC(CC(=O)O)OC(C)(C)O2)c(-c2ccc(F)cc2)c(-c2ccccn2)c1C(N)=O. The molecule has 3 aromatic rings. The summed E-state index contributed by atoms with van der Waals surface area (Å²) in [4.78, 5) is 28.8. The second-order valence-electron chi connectivity index (χ2n) is 10.3. The number of benzene rings is 1. The van der Waals surface area contributed by atoms with E-state index in [1.807, 2.05) is 30.5 Å². The highest BCUT2D eigenvalue weighted by molar-refractivity contribution is 6.04. The van der Waals surface area contributed by atoms with E-state index in [0.29, 0.717) is 36.2 Å². The van der Waals surface area contributed by atoms with Crippen LogP contribution in [0, 0.1) is 5.82 Å². The first-order chi connectivity index (χ1) is 18.0. The summed E-state index contributed by atoms with van der Waals surface area (Å²) in [5.41, 5.74) is 9.85. The summed E-state index contributed by atoms with van der Waals surface area (Å²) in [7, 11) is 0. The third-order valence-electron chi connectivity index (χ3n) is 6.64. The number of hydrogen-bond acceptors (Lipinski definition) is 5. The number of hydrogen-bond donors (Lipinski definition) is 2. The van der Waals surface area contributed by atoms with E-state index in [-0.39, 0.29) is 24.4 Å². The van der Waals surface area contributed by atoms with Gasteiger partial charge in [-0.15, -0.1) is 0 Å². The summed E-state index contributed by atoms with van der Waals surface area (Å²) in [6, 6.07) is 11.5. The van der Waals surface area contributed by atoms with Gasteiger partial charge in [-0.25, -0.2) is 4.39 Å². The number of carbonyl (C=O) groups is 2. The van der Waals surface area contributed by atoms with E-state index in [4.69, 9.17) is 15.2 Å². The number of nitrogens with zero attached hydrogens (tertiary/aromatic N) is 2. The van der Waals surface area contributed by atoms with Crippen LogP contribution in [0.4, 0.5) is 4.39 Å². The summed E-state index contributed by atoms with van der Waals surface area (Å²) in [5, 5.41) is 9.30. The zero-order valence-electron chi connectivity index (χ0n) is 22.1. The summed E-state index contributed by atoms with van der Waals surface area (Å²) in [5.74, 6) is -2.81. The third-order valence-corrected chi connectivity index (χ3v) is 6.64. The maximum absolute atomic E-state index is 13.9. The lowest BCUT2D eigenvalue weighted by Gasteiger charge is -2.40. The van der Waals surface area contributed by atoms with E-state index in [2.05, 4.69) is 4.98 Å². The van der Waals surface area contributed by atoms with Gasteiger partial charge in [-0.05, 0) is 70.4 Å². The van der Waals surface area contributed by atoms with Gasteiger partial charge in [0.15, 0.2) is 5.79 Å². The Kier molecular flexibility index (Phi) is 7.99. The number of halogens is 1. The number of ether oxygens (including phenoxy) is 2. The maximum Gasteiger partial charge on any atom is 0.305 e. The third kappa shape index (κ3) is 5.95. The van der Waals surface area contributed by atoms with E-state index >= 15 is 0 Å². The highest BCUT2D eigenvalue weighted by atomic mass is 19.1. The van der Waals surface area contributed by atoms with Gasteiger partial charge in [0.1, 0.15) is 11.5 Å². The normalized spacial score (nSPS) is 19.0. The standard InChI is InChI=1S/C29H34FN3O5/c1-17(2)33-23(13-12-20-15-21(16-24(34)35)38-29(3,4)37-20)25(18-8-10-19(30)11-9-18)26(27(33)28(31)36)22-7-5-6-14-32-22/h5-11,14,17,20-21H,12-13,15-16H2,1-4H3,(H2,31,36)(H,34,35). The lowest BCUT2D eigenvalue weighted by molar-refractivity contribution is -0.300. The molecular weight excluding hydrogens is 489 g/mol. The Labute approximate surface area is 221 Å². The Bertz CT molecular complexity index is 1300. The number of carbonyl (C=O) groups excluding carboxylic acids is 1. The first kappa shape index (κ1) is 27.5. The first-order valence-corrected chi connectivity index (χ1v) is 12.8. The predicted molar refractivity (Wildman–Crippen MR) is 141 cm³/mol. The lowest BCUT2D eigenvalue weighted by atomic mass is 9.94. The molecule has 1 saturated heterocycles. The molecule has 0 spiro atoms. The molecule has 4 rings (SSSR count). The van der Waals surface area contributed by atoms with Gasteiger partial charge >= 0.3 is 5.97 Å². The van der Waals surface area contributed by atoms with Gasteiger partial charge in [0.05, 0.1) is 24.3 Å². The summed E-state index contributed by atoms with van der Waals surface area (Å²) in [6.45, 7) is 7.51. The molecule has 0 saturated carbocycles. The minimum Gasteiger partial charge on any atom is -0.481 e. The van der Waals surface area contributed by atoms with E-state index < -0.39 is 23.8 Å². The number of carboxylic acid groups (broad SMARTS) is 1. The molecule has 3 heterocycles. The van der Waals surface area contributed by atoms with Crippen LogP contribution in [-0.4, -0.2) is 44.5 Å². The monoisotopic (exact) mass is 523 g/mol. The molecule has 1 fully saturated rings. The Morgan fingerprint density at radius 3 is 2.39 bits per heavy atom. The predicted octanol–water partition coefficient (Wildman–Crippen LogP) is 5.35. The smallest absolute Gasteiger partial charge is 0.305 e. The zero-order chi connectivity index (χ0) is 27.6. The van der Waals surface area contributed by atoms with Crippen molar-refractivity contribution in [3.8, 4) is 22.4 Å². The second kappa shape index (κ2) is 11.0. The fourth-order valence-corrected chi connectivity index (χ4v) is 5.40. The molecule has 0 bridgehead atoms. The summed E-state index contributed by atoms with van der Waals surface area (Å²) >= 11 is 0. The molecule has 0 radical (unpaired) electrons. The number of pyridine rings is 1. The Morgan fingerprint density at radius 1 is 1.13 bits per heavy atom. The Hall–Kier alpha value is -3.56. The topological polar surface area (TPSA) is 117 Å².